The number of benzene rings is 1. The first-order chi connectivity index (χ1) is 8.11. The summed E-state index contributed by atoms with van der Waals surface area (Å²) < 4.78 is 0. The molecule has 1 heterocycles. The highest BCUT2D eigenvalue weighted by molar-refractivity contribution is 7.13. The van der Waals surface area contributed by atoms with Crippen LogP contribution in [0.4, 0.5) is 0 Å². The maximum atomic E-state index is 8.81. The van der Waals surface area contributed by atoms with Gasteiger partial charge in [-0.2, -0.15) is 5.26 Å². The highest BCUT2D eigenvalue weighted by Crippen LogP contribution is 2.29. The van der Waals surface area contributed by atoms with E-state index < -0.39 is 0 Å². The fourth-order valence-electron chi connectivity index (χ4n) is 1.42. The first-order valence-electron chi connectivity index (χ1n) is 5.27. The van der Waals surface area contributed by atoms with Crippen LogP contribution in [0.2, 0.25) is 5.02 Å². The van der Waals surface area contributed by atoms with Gasteiger partial charge in [0.25, 0.3) is 0 Å². The van der Waals surface area contributed by atoms with Crippen LogP contribution in [0.15, 0.2) is 23.6 Å². The summed E-state index contributed by atoms with van der Waals surface area (Å²) >= 11 is 7.60. The van der Waals surface area contributed by atoms with Crippen LogP contribution in [0.1, 0.15) is 31.0 Å². The van der Waals surface area contributed by atoms with Gasteiger partial charge in [-0.15, -0.1) is 11.3 Å². The average Bonchev–Trinajstić information content (AvgIpc) is 2.78. The summed E-state index contributed by atoms with van der Waals surface area (Å²) in [6.45, 7) is 4.23. The van der Waals surface area contributed by atoms with Gasteiger partial charge in [0, 0.05) is 10.9 Å². The van der Waals surface area contributed by atoms with E-state index in [0.29, 0.717) is 16.5 Å². The van der Waals surface area contributed by atoms with E-state index in [1.54, 1.807) is 23.5 Å². The van der Waals surface area contributed by atoms with Crippen molar-refractivity contribution in [3.8, 4) is 16.6 Å². The van der Waals surface area contributed by atoms with Crippen molar-refractivity contribution in [2.24, 2.45) is 0 Å². The minimum absolute atomic E-state index is 0.425. The lowest BCUT2D eigenvalue weighted by Crippen LogP contribution is -1.87. The molecule has 0 unspecified atom stereocenters. The Morgan fingerprint density at radius 2 is 2.18 bits per heavy atom. The van der Waals surface area contributed by atoms with Gasteiger partial charge >= 0.3 is 0 Å². The molecule has 2 rings (SSSR count). The molecule has 0 radical (unpaired) electrons. The van der Waals surface area contributed by atoms with Crippen LogP contribution in [0.3, 0.4) is 0 Å². The number of halogens is 1. The Kier molecular flexibility index (Phi) is 3.46. The van der Waals surface area contributed by atoms with Crippen molar-refractivity contribution in [2.75, 3.05) is 0 Å². The number of hydrogen-bond acceptors (Lipinski definition) is 3. The zero-order valence-corrected chi connectivity index (χ0v) is 11.1. The van der Waals surface area contributed by atoms with E-state index in [9.17, 15) is 0 Å². The highest BCUT2D eigenvalue weighted by Gasteiger charge is 2.09. The summed E-state index contributed by atoms with van der Waals surface area (Å²) in [4.78, 5) is 4.55. The molecule has 2 aromatic rings. The summed E-state index contributed by atoms with van der Waals surface area (Å²) in [7, 11) is 0. The van der Waals surface area contributed by atoms with Gasteiger partial charge in [-0.05, 0) is 18.1 Å². The first kappa shape index (κ1) is 12.1. The SMILES string of the molecule is CC(C)c1csc(-c2ccc(C#N)c(Cl)c2)n1. The molecule has 2 nitrogen and oxygen atoms in total. The van der Waals surface area contributed by atoms with Gasteiger partial charge in [0.2, 0.25) is 0 Å². The normalized spacial score (nSPS) is 10.5. The van der Waals surface area contributed by atoms with Crippen LogP contribution in [0.5, 0.6) is 0 Å². The second kappa shape index (κ2) is 4.87. The summed E-state index contributed by atoms with van der Waals surface area (Å²) in [5.41, 5.74) is 2.55. The van der Waals surface area contributed by atoms with E-state index in [-0.39, 0.29) is 0 Å². The van der Waals surface area contributed by atoms with Gasteiger partial charge in [0.05, 0.1) is 16.3 Å². The summed E-state index contributed by atoms with van der Waals surface area (Å²) in [5, 5.41) is 12.3. The maximum absolute atomic E-state index is 8.81. The molecule has 0 amide bonds. The van der Waals surface area contributed by atoms with Gasteiger partial charge in [-0.1, -0.05) is 31.5 Å². The van der Waals surface area contributed by atoms with Gasteiger partial charge < -0.3 is 0 Å². The second-order valence-electron chi connectivity index (χ2n) is 4.04. The molecule has 0 bridgehead atoms. The third-order valence-electron chi connectivity index (χ3n) is 2.45. The Hall–Kier alpha value is -1.37. The lowest BCUT2D eigenvalue weighted by molar-refractivity contribution is 0.834. The predicted octanol–water partition coefficient (Wildman–Crippen LogP) is 4.46. The summed E-state index contributed by atoms with van der Waals surface area (Å²) in [6.07, 6.45) is 0. The fourth-order valence-corrected chi connectivity index (χ4v) is 2.62. The van der Waals surface area contributed by atoms with Crippen molar-refractivity contribution in [2.45, 2.75) is 19.8 Å². The molecule has 0 spiro atoms. The molecule has 1 aromatic heterocycles. The largest absolute Gasteiger partial charge is 0.241 e. The minimum atomic E-state index is 0.425. The lowest BCUT2D eigenvalue weighted by Gasteiger charge is -2.00. The van der Waals surface area contributed by atoms with Crippen molar-refractivity contribution in [1.29, 1.82) is 5.26 Å². The van der Waals surface area contributed by atoms with E-state index >= 15 is 0 Å². The Labute approximate surface area is 110 Å². The highest BCUT2D eigenvalue weighted by atomic mass is 35.5. The van der Waals surface area contributed by atoms with Crippen molar-refractivity contribution in [3.05, 3.63) is 39.9 Å². The van der Waals surface area contributed by atoms with Crippen LogP contribution in [0.25, 0.3) is 10.6 Å². The smallest absolute Gasteiger partial charge is 0.123 e. The second-order valence-corrected chi connectivity index (χ2v) is 5.30. The minimum Gasteiger partial charge on any atom is -0.241 e. The van der Waals surface area contributed by atoms with Crippen molar-refractivity contribution in [3.63, 3.8) is 0 Å². The van der Waals surface area contributed by atoms with Crippen LogP contribution in [-0.4, -0.2) is 4.98 Å². The number of hydrogen-bond donors (Lipinski definition) is 0. The van der Waals surface area contributed by atoms with Gasteiger partial charge in [0.1, 0.15) is 11.1 Å². The molecule has 0 saturated carbocycles. The third-order valence-corrected chi connectivity index (χ3v) is 3.67. The van der Waals surface area contributed by atoms with Crippen LogP contribution in [0, 0.1) is 11.3 Å². The van der Waals surface area contributed by atoms with Crippen molar-refractivity contribution in [1.82, 2.24) is 4.98 Å². The standard InChI is InChI=1S/C13H11ClN2S/c1-8(2)12-7-17-13(16-12)9-3-4-10(6-15)11(14)5-9/h3-5,7-8H,1-2H3. The first-order valence-corrected chi connectivity index (χ1v) is 6.53. The Bertz CT molecular complexity index is 581. The van der Waals surface area contributed by atoms with E-state index in [2.05, 4.69) is 24.2 Å². The number of thiazole rings is 1. The Balaban J connectivity index is 2.40. The molecule has 17 heavy (non-hydrogen) atoms. The fraction of sp³-hybridized carbons (Fsp3) is 0.231. The third kappa shape index (κ3) is 2.49. The van der Waals surface area contributed by atoms with Gasteiger partial charge in [0.15, 0.2) is 0 Å². The zero-order valence-electron chi connectivity index (χ0n) is 9.57. The summed E-state index contributed by atoms with van der Waals surface area (Å²) in [6, 6.07) is 7.46. The molecular formula is C13H11ClN2S. The lowest BCUT2D eigenvalue weighted by atomic mass is 10.1. The van der Waals surface area contributed by atoms with E-state index in [4.69, 9.17) is 16.9 Å². The van der Waals surface area contributed by atoms with E-state index in [0.717, 1.165) is 16.3 Å². The zero-order chi connectivity index (χ0) is 12.4. The van der Waals surface area contributed by atoms with Crippen LogP contribution < -0.4 is 0 Å². The molecule has 0 fully saturated rings. The maximum Gasteiger partial charge on any atom is 0.123 e. The van der Waals surface area contributed by atoms with E-state index in [1.807, 2.05) is 12.1 Å². The van der Waals surface area contributed by atoms with E-state index in [1.165, 1.54) is 0 Å². The monoisotopic (exact) mass is 262 g/mol. The molecular weight excluding hydrogens is 252 g/mol. The van der Waals surface area contributed by atoms with Crippen LogP contribution in [-0.2, 0) is 0 Å². The van der Waals surface area contributed by atoms with Crippen molar-refractivity contribution < 1.29 is 0 Å². The van der Waals surface area contributed by atoms with Gasteiger partial charge in [-0.25, -0.2) is 4.98 Å². The number of rotatable bonds is 2. The molecule has 86 valence electrons. The molecule has 1 aromatic carbocycles. The number of nitrogens with zero attached hydrogens (tertiary/aromatic N) is 2. The number of nitriles is 1. The number of aromatic nitrogens is 1. The molecule has 0 atom stereocenters. The molecule has 4 heteroatoms. The molecule has 0 saturated heterocycles. The van der Waals surface area contributed by atoms with Crippen molar-refractivity contribution >= 4 is 22.9 Å². The Morgan fingerprint density at radius 3 is 2.71 bits per heavy atom. The van der Waals surface area contributed by atoms with Gasteiger partial charge in [-0.3, -0.25) is 0 Å². The summed E-state index contributed by atoms with van der Waals surface area (Å²) in [5.74, 6) is 0.425. The quantitative estimate of drug-likeness (QED) is 0.801. The average molecular weight is 263 g/mol. The molecule has 0 N–H and O–H groups in total. The predicted molar refractivity (Wildman–Crippen MR) is 71.4 cm³/mol. The molecule has 0 aliphatic carbocycles. The topological polar surface area (TPSA) is 36.7 Å². The van der Waals surface area contributed by atoms with Crippen LogP contribution >= 0.6 is 22.9 Å². The molecule has 0 aliphatic rings. The Morgan fingerprint density at radius 1 is 1.41 bits per heavy atom. The molecule has 0 aliphatic heterocycles.